The van der Waals surface area contributed by atoms with Crippen LogP contribution >= 0.6 is 27.5 Å². The fourth-order valence-corrected chi connectivity index (χ4v) is 1.83. The Morgan fingerprint density at radius 3 is 2.84 bits per heavy atom. The zero-order chi connectivity index (χ0) is 14.0. The van der Waals surface area contributed by atoms with Crippen LogP contribution in [0, 0.1) is 5.82 Å². The molecule has 7 heteroatoms. The number of aromatic hydroxyl groups is 1. The van der Waals surface area contributed by atoms with Gasteiger partial charge in [-0.1, -0.05) is 11.6 Å². The number of rotatable bonds is 2. The highest BCUT2D eigenvalue weighted by Gasteiger charge is 2.13. The van der Waals surface area contributed by atoms with Crippen LogP contribution in [0.15, 0.2) is 34.9 Å². The van der Waals surface area contributed by atoms with Gasteiger partial charge in [-0.15, -0.1) is 0 Å². The summed E-state index contributed by atoms with van der Waals surface area (Å²) in [5.41, 5.74) is 0.205. The highest BCUT2D eigenvalue weighted by Crippen LogP contribution is 2.24. The molecule has 4 nitrogen and oxygen atoms in total. The zero-order valence-electron chi connectivity index (χ0n) is 9.32. The molecule has 0 aliphatic rings. The van der Waals surface area contributed by atoms with Crippen molar-refractivity contribution in [2.45, 2.75) is 0 Å². The third-order valence-corrected chi connectivity index (χ3v) is 3.39. The molecule has 1 aromatic heterocycles. The average Bonchev–Trinajstić information content (AvgIpc) is 2.36. The molecule has 0 saturated carbocycles. The lowest BCUT2D eigenvalue weighted by atomic mass is 10.2. The Hall–Kier alpha value is -1.66. The molecule has 0 atom stereocenters. The van der Waals surface area contributed by atoms with Crippen molar-refractivity contribution in [2.24, 2.45) is 0 Å². The number of phenols is 1. The van der Waals surface area contributed by atoms with Gasteiger partial charge in [-0.25, -0.2) is 9.37 Å². The topological polar surface area (TPSA) is 62.2 Å². The maximum Gasteiger partial charge on any atom is 0.259 e. The molecule has 0 radical (unpaired) electrons. The van der Waals surface area contributed by atoms with Crippen LogP contribution in [0.1, 0.15) is 10.4 Å². The minimum Gasteiger partial charge on any atom is -0.507 e. The van der Waals surface area contributed by atoms with Crippen molar-refractivity contribution in [3.63, 3.8) is 0 Å². The Bertz CT molecular complexity index is 652. The minimum absolute atomic E-state index is 0.161. The van der Waals surface area contributed by atoms with E-state index < -0.39 is 11.7 Å². The van der Waals surface area contributed by atoms with E-state index in [0.717, 1.165) is 18.2 Å². The number of benzene rings is 1. The van der Waals surface area contributed by atoms with Crippen molar-refractivity contribution >= 4 is 39.1 Å². The predicted molar refractivity (Wildman–Crippen MR) is 73.0 cm³/mol. The number of anilines is 1. The second kappa shape index (κ2) is 5.54. The lowest BCUT2D eigenvalue weighted by molar-refractivity contribution is 0.102. The summed E-state index contributed by atoms with van der Waals surface area (Å²) in [6, 6.07) is 4.67. The molecule has 2 aromatic rings. The first-order chi connectivity index (χ1) is 8.97. The van der Waals surface area contributed by atoms with E-state index in [4.69, 9.17) is 11.6 Å². The quantitative estimate of drug-likeness (QED) is 0.818. The maximum atomic E-state index is 13.0. The second-order valence-electron chi connectivity index (χ2n) is 3.61. The molecular weight excluding hydrogens is 338 g/mol. The summed E-state index contributed by atoms with van der Waals surface area (Å²) in [7, 11) is 0. The summed E-state index contributed by atoms with van der Waals surface area (Å²) in [6.45, 7) is 0. The van der Waals surface area contributed by atoms with Gasteiger partial charge in [0.05, 0.1) is 21.9 Å². The third kappa shape index (κ3) is 3.21. The molecule has 2 rings (SSSR count). The molecule has 0 spiro atoms. The van der Waals surface area contributed by atoms with E-state index in [0.29, 0.717) is 10.2 Å². The number of phenolic OH excluding ortho intramolecular Hbond substituents is 1. The number of carbonyl (C=O) groups is 1. The molecule has 0 saturated heterocycles. The third-order valence-electron chi connectivity index (χ3n) is 2.26. The lowest BCUT2D eigenvalue weighted by Crippen LogP contribution is -2.12. The Kier molecular flexibility index (Phi) is 4.01. The highest BCUT2D eigenvalue weighted by molar-refractivity contribution is 9.10. The monoisotopic (exact) mass is 344 g/mol. The summed E-state index contributed by atoms with van der Waals surface area (Å²) in [4.78, 5) is 15.7. The van der Waals surface area contributed by atoms with Gasteiger partial charge in [-0.2, -0.15) is 0 Å². The van der Waals surface area contributed by atoms with Crippen LogP contribution in [-0.2, 0) is 0 Å². The van der Waals surface area contributed by atoms with E-state index >= 15 is 0 Å². The summed E-state index contributed by atoms with van der Waals surface area (Å²) in [5.74, 6) is -1.56. The normalized spacial score (nSPS) is 10.3. The maximum absolute atomic E-state index is 13.0. The first-order valence-electron chi connectivity index (χ1n) is 5.08. The number of hydrogen-bond acceptors (Lipinski definition) is 3. The number of aromatic nitrogens is 1. The molecule has 1 amide bonds. The van der Waals surface area contributed by atoms with Crippen LogP contribution in [0.5, 0.6) is 5.75 Å². The summed E-state index contributed by atoms with van der Waals surface area (Å²) < 4.78 is 13.5. The summed E-state index contributed by atoms with van der Waals surface area (Å²) >= 11 is 8.88. The molecular formula is C12H7BrClFN2O2. The van der Waals surface area contributed by atoms with Gasteiger partial charge in [0, 0.05) is 0 Å². The van der Waals surface area contributed by atoms with Crippen LogP contribution in [0.3, 0.4) is 0 Å². The van der Waals surface area contributed by atoms with Gasteiger partial charge in [-0.05, 0) is 40.2 Å². The molecule has 0 aliphatic carbocycles. The Labute approximate surface area is 121 Å². The number of pyridine rings is 1. The highest BCUT2D eigenvalue weighted by atomic mass is 79.9. The molecule has 19 heavy (non-hydrogen) atoms. The van der Waals surface area contributed by atoms with Crippen molar-refractivity contribution < 1.29 is 14.3 Å². The molecule has 1 heterocycles. The van der Waals surface area contributed by atoms with Gasteiger partial charge in [0.15, 0.2) is 0 Å². The van der Waals surface area contributed by atoms with Crippen LogP contribution in [-0.4, -0.2) is 16.0 Å². The van der Waals surface area contributed by atoms with Gasteiger partial charge < -0.3 is 10.4 Å². The van der Waals surface area contributed by atoms with Crippen LogP contribution < -0.4 is 5.32 Å². The standard InChI is InChI=1S/C12H7BrClFN2O2/c13-9-4-7(5-16-11(9)14)17-12(19)8-3-6(15)1-2-10(8)18/h1-5,18H,(H,17,19). The Morgan fingerprint density at radius 1 is 1.42 bits per heavy atom. The number of carbonyl (C=O) groups excluding carboxylic acids is 1. The zero-order valence-corrected chi connectivity index (χ0v) is 11.7. The predicted octanol–water partition coefficient (Wildman–Crippen LogP) is 3.59. The van der Waals surface area contributed by atoms with Crippen LogP contribution in [0.25, 0.3) is 0 Å². The lowest BCUT2D eigenvalue weighted by Gasteiger charge is -2.07. The summed E-state index contributed by atoms with van der Waals surface area (Å²) in [6.07, 6.45) is 1.35. The largest absolute Gasteiger partial charge is 0.507 e. The van der Waals surface area contributed by atoms with E-state index in [1.807, 2.05) is 0 Å². The molecule has 0 unspecified atom stereocenters. The first-order valence-corrected chi connectivity index (χ1v) is 6.25. The Morgan fingerprint density at radius 2 is 2.16 bits per heavy atom. The number of nitrogens with zero attached hydrogens (tertiary/aromatic N) is 1. The van der Waals surface area contributed by atoms with Crippen LogP contribution in [0.4, 0.5) is 10.1 Å². The number of amides is 1. The first kappa shape index (κ1) is 13.8. The minimum atomic E-state index is -0.645. The van der Waals surface area contributed by atoms with Gasteiger partial charge in [0.25, 0.3) is 5.91 Å². The second-order valence-corrected chi connectivity index (χ2v) is 4.82. The van der Waals surface area contributed by atoms with E-state index in [2.05, 4.69) is 26.2 Å². The molecule has 0 bridgehead atoms. The van der Waals surface area contributed by atoms with Crippen molar-refractivity contribution in [1.29, 1.82) is 0 Å². The molecule has 0 fully saturated rings. The number of nitrogens with one attached hydrogen (secondary N) is 1. The van der Waals surface area contributed by atoms with E-state index in [-0.39, 0.29) is 16.5 Å². The number of halogens is 3. The van der Waals surface area contributed by atoms with Crippen molar-refractivity contribution in [2.75, 3.05) is 5.32 Å². The fraction of sp³-hybridized carbons (Fsp3) is 0. The van der Waals surface area contributed by atoms with E-state index in [1.54, 1.807) is 6.07 Å². The smallest absolute Gasteiger partial charge is 0.259 e. The van der Waals surface area contributed by atoms with Gasteiger partial charge in [0.1, 0.15) is 16.7 Å². The Balaban J connectivity index is 2.25. The van der Waals surface area contributed by atoms with Gasteiger partial charge >= 0.3 is 0 Å². The molecule has 2 N–H and O–H groups in total. The van der Waals surface area contributed by atoms with Crippen LogP contribution in [0.2, 0.25) is 5.15 Å². The van der Waals surface area contributed by atoms with Crippen molar-refractivity contribution in [3.05, 3.63) is 51.5 Å². The average molecular weight is 346 g/mol. The van der Waals surface area contributed by atoms with Gasteiger partial charge in [-0.3, -0.25) is 4.79 Å². The molecule has 1 aromatic carbocycles. The molecule has 0 aliphatic heterocycles. The van der Waals surface area contributed by atoms with Gasteiger partial charge in [0.2, 0.25) is 0 Å². The summed E-state index contributed by atoms with van der Waals surface area (Å²) in [5, 5.41) is 12.2. The van der Waals surface area contributed by atoms with E-state index in [1.165, 1.54) is 6.20 Å². The van der Waals surface area contributed by atoms with Crippen molar-refractivity contribution in [3.8, 4) is 5.75 Å². The number of hydrogen-bond donors (Lipinski definition) is 2. The molecule has 98 valence electrons. The van der Waals surface area contributed by atoms with E-state index in [9.17, 15) is 14.3 Å². The fourth-order valence-electron chi connectivity index (χ4n) is 1.38. The van der Waals surface area contributed by atoms with Crippen molar-refractivity contribution in [1.82, 2.24) is 4.98 Å². The SMILES string of the molecule is O=C(Nc1cnc(Cl)c(Br)c1)c1cc(F)ccc1O.